The van der Waals surface area contributed by atoms with Gasteiger partial charge in [0.05, 0.1) is 17.8 Å². The Morgan fingerprint density at radius 3 is 2.75 bits per heavy atom. The molecule has 2 aromatic heterocycles. The Bertz CT molecular complexity index is 964. The molecule has 0 aromatic carbocycles. The van der Waals surface area contributed by atoms with Crippen LogP contribution in [0.25, 0.3) is 10.8 Å². The van der Waals surface area contributed by atoms with Gasteiger partial charge in [-0.1, -0.05) is 19.4 Å². The third-order valence-corrected chi connectivity index (χ3v) is 5.17. The number of amides is 1. The zero-order valence-electron chi connectivity index (χ0n) is 16.1. The summed E-state index contributed by atoms with van der Waals surface area (Å²) in [5, 5.41) is 19.3. The minimum atomic E-state index is -0.455. The molecular formula is C21H25N5O2. The fourth-order valence-corrected chi connectivity index (χ4v) is 3.35. The number of allylic oxidation sites excluding steroid dienone is 1. The third kappa shape index (κ3) is 3.89. The van der Waals surface area contributed by atoms with Gasteiger partial charge in [0, 0.05) is 29.1 Å². The van der Waals surface area contributed by atoms with Gasteiger partial charge in [-0.15, -0.1) is 0 Å². The molecule has 1 saturated carbocycles. The lowest BCUT2D eigenvalue weighted by Crippen LogP contribution is -2.39. The van der Waals surface area contributed by atoms with Gasteiger partial charge in [-0.2, -0.15) is 5.10 Å². The van der Waals surface area contributed by atoms with E-state index in [9.17, 15) is 9.90 Å². The first-order chi connectivity index (χ1) is 13.5. The van der Waals surface area contributed by atoms with Gasteiger partial charge in [-0.25, -0.2) is 4.98 Å². The van der Waals surface area contributed by atoms with Crippen LogP contribution in [0, 0.1) is 5.92 Å². The Kier molecular flexibility index (Phi) is 5.09. The summed E-state index contributed by atoms with van der Waals surface area (Å²) >= 11 is 0. The fourth-order valence-electron chi connectivity index (χ4n) is 3.35. The van der Waals surface area contributed by atoms with E-state index in [1.807, 2.05) is 32.1 Å². The number of nitrogens with one attached hydrogen (secondary N) is 2. The smallest absolute Gasteiger partial charge is 0.228 e. The molecule has 7 heteroatoms. The van der Waals surface area contributed by atoms with Crippen LogP contribution in [0.3, 0.4) is 0 Å². The molecule has 0 radical (unpaired) electrons. The van der Waals surface area contributed by atoms with Crippen LogP contribution in [0.1, 0.15) is 45.2 Å². The average molecular weight is 379 g/mol. The quantitative estimate of drug-likeness (QED) is 0.717. The summed E-state index contributed by atoms with van der Waals surface area (Å²) < 4.78 is 0. The van der Waals surface area contributed by atoms with Gasteiger partial charge < -0.3 is 10.4 Å². The number of anilines is 1. The highest BCUT2D eigenvalue weighted by Crippen LogP contribution is 2.30. The van der Waals surface area contributed by atoms with Gasteiger partial charge in [0.1, 0.15) is 11.5 Å². The van der Waals surface area contributed by atoms with E-state index < -0.39 is 6.10 Å². The van der Waals surface area contributed by atoms with Crippen LogP contribution >= 0.6 is 0 Å². The van der Waals surface area contributed by atoms with Crippen LogP contribution in [0.2, 0.25) is 0 Å². The minimum absolute atomic E-state index is 0.0413. The number of hydrogen-bond acceptors (Lipinski definition) is 6. The second kappa shape index (κ2) is 7.67. The topological polar surface area (TPSA) is 99.5 Å². The molecule has 0 spiro atoms. The number of pyridine rings is 2. The fraction of sp³-hybridized carbons (Fsp3) is 0.429. The van der Waals surface area contributed by atoms with Crippen molar-refractivity contribution in [2.75, 3.05) is 5.32 Å². The molecule has 1 fully saturated rings. The molecular weight excluding hydrogens is 354 g/mol. The first-order valence-electron chi connectivity index (χ1n) is 9.82. The van der Waals surface area contributed by atoms with Crippen molar-refractivity contribution in [2.45, 2.75) is 51.7 Å². The molecule has 2 aromatic rings. The minimum Gasteiger partial charge on any atom is -0.391 e. The second-order valence-corrected chi connectivity index (χ2v) is 7.57. The number of carbonyl (C=O) groups excluding carboxylic acids is 1. The molecule has 4 rings (SSSR count). The zero-order chi connectivity index (χ0) is 19.7. The zero-order valence-corrected chi connectivity index (χ0v) is 16.1. The molecule has 2 unspecified atom stereocenters. The molecule has 0 saturated heterocycles. The summed E-state index contributed by atoms with van der Waals surface area (Å²) in [7, 11) is 0. The van der Waals surface area contributed by atoms with E-state index in [2.05, 4.69) is 25.8 Å². The van der Waals surface area contributed by atoms with E-state index in [4.69, 9.17) is 0 Å². The highest BCUT2D eigenvalue weighted by Gasteiger charge is 2.29. The summed E-state index contributed by atoms with van der Waals surface area (Å²) in [4.78, 5) is 20.8. The normalized spacial score (nSPS) is 20.2. The molecule has 3 N–H and O–H groups in total. The predicted molar refractivity (Wildman–Crippen MR) is 109 cm³/mol. The molecule has 3 heterocycles. The van der Waals surface area contributed by atoms with Gasteiger partial charge in [0.25, 0.3) is 0 Å². The van der Waals surface area contributed by atoms with E-state index in [-0.39, 0.29) is 17.9 Å². The first kappa shape index (κ1) is 18.6. The molecule has 28 heavy (non-hydrogen) atoms. The van der Waals surface area contributed by atoms with Gasteiger partial charge in [0.2, 0.25) is 5.91 Å². The van der Waals surface area contributed by atoms with E-state index in [0.29, 0.717) is 5.82 Å². The average Bonchev–Trinajstić information content (AvgIpc) is 3.53. The van der Waals surface area contributed by atoms with Crippen LogP contribution in [0.5, 0.6) is 0 Å². The Balaban J connectivity index is 1.53. The monoisotopic (exact) mass is 379 g/mol. The number of aromatic nitrogens is 2. The summed E-state index contributed by atoms with van der Waals surface area (Å²) in [6.07, 6.45) is 8.64. The number of aliphatic hydroxyl groups is 1. The predicted octanol–water partition coefficient (Wildman–Crippen LogP) is 2.76. The van der Waals surface area contributed by atoms with Crippen LogP contribution in [-0.2, 0) is 4.79 Å². The van der Waals surface area contributed by atoms with Crippen LogP contribution in [0.4, 0.5) is 5.82 Å². The van der Waals surface area contributed by atoms with E-state index >= 15 is 0 Å². The maximum absolute atomic E-state index is 11.9. The highest BCUT2D eigenvalue weighted by atomic mass is 16.3. The highest BCUT2D eigenvalue weighted by molar-refractivity contribution is 6.12. The van der Waals surface area contributed by atoms with Crippen molar-refractivity contribution in [3.8, 4) is 0 Å². The maximum Gasteiger partial charge on any atom is 0.228 e. The standard InChI is InChI=1S/C21H25N5O2/c1-3-4-18(27)16-7-12(2)20(26-25-16)17-8-14-11-23-19(9-15(14)10-22-17)24-21(28)13-5-6-13/h7-11,13,16,18,25,27H,3-6H2,1-2H3,(H,23,24,28). The first-order valence-corrected chi connectivity index (χ1v) is 9.82. The van der Waals surface area contributed by atoms with Crippen LogP contribution in [-0.4, -0.2) is 38.8 Å². The Morgan fingerprint density at radius 2 is 2.04 bits per heavy atom. The molecule has 1 amide bonds. The summed E-state index contributed by atoms with van der Waals surface area (Å²) in [5.74, 6) is 0.739. The lowest BCUT2D eigenvalue weighted by atomic mass is 9.99. The third-order valence-electron chi connectivity index (χ3n) is 5.17. The Morgan fingerprint density at radius 1 is 1.29 bits per heavy atom. The van der Waals surface area contributed by atoms with Crippen molar-refractivity contribution >= 4 is 28.2 Å². The number of aliphatic hydroxyl groups excluding tert-OH is 1. The number of carbonyl (C=O) groups is 1. The van der Waals surface area contributed by atoms with Crippen molar-refractivity contribution in [3.05, 3.63) is 41.9 Å². The van der Waals surface area contributed by atoms with Crippen LogP contribution < -0.4 is 10.7 Å². The summed E-state index contributed by atoms with van der Waals surface area (Å²) in [6, 6.07) is 3.60. The number of hydrazone groups is 1. The summed E-state index contributed by atoms with van der Waals surface area (Å²) in [6.45, 7) is 4.03. The van der Waals surface area contributed by atoms with Crippen molar-refractivity contribution in [1.29, 1.82) is 0 Å². The molecule has 1 aliphatic carbocycles. The number of nitrogens with zero attached hydrogens (tertiary/aromatic N) is 3. The SMILES string of the molecule is CCCC(O)C1C=C(C)C(c2cc3cnc(NC(=O)C4CC4)cc3cn2)=NN1. The number of rotatable bonds is 6. The Hall–Kier alpha value is -2.80. The lowest BCUT2D eigenvalue weighted by molar-refractivity contribution is -0.117. The number of hydrogen-bond donors (Lipinski definition) is 3. The molecule has 0 bridgehead atoms. The van der Waals surface area contributed by atoms with Gasteiger partial charge in [-0.3, -0.25) is 15.2 Å². The van der Waals surface area contributed by atoms with Crippen molar-refractivity contribution in [3.63, 3.8) is 0 Å². The molecule has 2 aliphatic rings. The Labute approximate surface area is 164 Å². The van der Waals surface area contributed by atoms with E-state index in [0.717, 1.165) is 53.4 Å². The molecule has 7 nitrogen and oxygen atoms in total. The van der Waals surface area contributed by atoms with Gasteiger partial charge in [0.15, 0.2) is 0 Å². The van der Waals surface area contributed by atoms with E-state index in [1.54, 1.807) is 12.4 Å². The van der Waals surface area contributed by atoms with Crippen molar-refractivity contribution in [1.82, 2.24) is 15.4 Å². The molecule has 1 aliphatic heterocycles. The van der Waals surface area contributed by atoms with Gasteiger partial charge in [-0.05, 0) is 43.9 Å². The summed E-state index contributed by atoms with van der Waals surface area (Å²) in [5.41, 5.74) is 5.52. The van der Waals surface area contributed by atoms with E-state index in [1.165, 1.54) is 0 Å². The van der Waals surface area contributed by atoms with Crippen LogP contribution in [0.15, 0.2) is 41.3 Å². The number of fused-ring (bicyclic) bond motifs is 1. The second-order valence-electron chi connectivity index (χ2n) is 7.57. The van der Waals surface area contributed by atoms with Crippen molar-refractivity contribution < 1.29 is 9.90 Å². The largest absolute Gasteiger partial charge is 0.391 e. The van der Waals surface area contributed by atoms with Gasteiger partial charge >= 0.3 is 0 Å². The lowest BCUT2D eigenvalue weighted by Gasteiger charge is -2.24. The van der Waals surface area contributed by atoms with Crippen molar-refractivity contribution in [2.24, 2.45) is 11.0 Å². The maximum atomic E-state index is 11.9. The molecule has 2 atom stereocenters. The molecule has 146 valence electrons.